The highest BCUT2D eigenvalue weighted by atomic mass is 79.9. The third kappa shape index (κ3) is 2.87. The van der Waals surface area contributed by atoms with Crippen LogP contribution in [0.5, 0.6) is 0 Å². The highest BCUT2D eigenvalue weighted by molar-refractivity contribution is 9.10. The fourth-order valence-corrected chi connectivity index (χ4v) is 3.95. The van der Waals surface area contributed by atoms with Gasteiger partial charge in [-0.15, -0.1) is 0 Å². The summed E-state index contributed by atoms with van der Waals surface area (Å²) in [7, 11) is 2.06. The molecule has 1 aromatic heterocycles. The number of aromatic amines is 1. The average Bonchev–Trinajstić information content (AvgIpc) is 2.98. The molecule has 2 aromatic carbocycles. The predicted molar refractivity (Wildman–Crippen MR) is 105 cm³/mol. The fraction of sp³-hybridized carbons (Fsp3) is 0.263. The molecule has 4 rings (SSSR count). The lowest BCUT2D eigenvalue weighted by molar-refractivity contribution is 0.0664. The average molecular weight is 415 g/mol. The van der Waals surface area contributed by atoms with Gasteiger partial charge in [0.25, 0.3) is 11.8 Å². The van der Waals surface area contributed by atoms with Gasteiger partial charge in [-0.2, -0.15) is 0 Å². The molecule has 0 radical (unpaired) electrons. The van der Waals surface area contributed by atoms with Gasteiger partial charge in [0, 0.05) is 52.5 Å². The molecule has 26 heavy (non-hydrogen) atoms. The number of H-pyrrole nitrogens is 1. The molecule has 0 atom stereocenters. The lowest BCUT2D eigenvalue weighted by atomic mass is 10.1. The number of rotatable bonds is 2. The number of fused-ring (bicyclic) bond motifs is 3. The topological polar surface area (TPSA) is 82.4 Å². The second-order valence-corrected chi connectivity index (χ2v) is 7.64. The third-order valence-electron chi connectivity index (χ3n) is 4.98. The molecule has 7 heteroatoms. The zero-order valence-corrected chi connectivity index (χ0v) is 16.0. The summed E-state index contributed by atoms with van der Waals surface area (Å²) in [5, 5.41) is 1.86. The van der Waals surface area contributed by atoms with Crippen LogP contribution in [0.25, 0.3) is 21.8 Å². The fourth-order valence-electron chi connectivity index (χ4n) is 3.49. The second kappa shape index (κ2) is 6.41. The van der Waals surface area contributed by atoms with E-state index in [4.69, 9.17) is 5.73 Å². The van der Waals surface area contributed by atoms with Crippen molar-refractivity contribution in [2.45, 2.75) is 0 Å². The van der Waals surface area contributed by atoms with Crippen molar-refractivity contribution in [3.8, 4) is 0 Å². The quantitative estimate of drug-likeness (QED) is 0.675. The molecule has 0 aliphatic carbocycles. The van der Waals surface area contributed by atoms with Gasteiger partial charge in [-0.05, 0) is 31.3 Å². The summed E-state index contributed by atoms with van der Waals surface area (Å²) < 4.78 is 0.789. The Morgan fingerprint density at radius 2 is 1.81 bits per heavy atom. The molecule has 1 saturated heterocycles. The Bertz CT molecular complexity index is 1030. The minimum Gasteiger partial charge on any atom is -0.366 e. The normalized spacial score (nSPS) is 15.7. The Morgan fingerprint density at radius 1 is 1.08 bits per heavy atom. The van der Waals surface area contributed by atoms with Crippen LogP contribution in [0.1, 0.15) is 20.7 Å². The van der Waals surface area contributed by atoms with Crippen LogP contribution in [0.2, 0.25) is 0 Å². The highest BCUT2D eigenvalue weighted by Gasteiger charge is 2.21. The molecular formula is C19H19BrN4O2. The van der Waals surface area contributed by atoms with Crippen molar-refractivity contribution in [2.75, 3.05) is 33.2 Å². The second-order valence-electron chi connectivity index (χ2n) is 6.72. The molecule has 1 fully saturated rings. The summed E-state index contributed by atoms with van der Waals surface area (Å²) >= 11 is 3.43. The predicted octanol–water partition coefficient (Wildman–Crippen LogP) is 2.57. The molecular weight excluding hydrogens is 396 g/mol. The molecule has 3 N–H and O–H groups in total. The summed E-state index contributed by atoms with van der Waals surface area (Å²) in [6, 6.07) is 9.28. The number of nitrogens with two attached hydrogens (primary N) is 1. The van der Waals surface area contributed by atoms with Gasteiger partial charge in [0.05, 0.1) is 11.1 Å². The molecule has 2 heterocycles. The van der Waals surface area contributed by atoms with Crippen molar-refractivity contribution < 1.29 is 9.59 Å². The third-order valence-corrected chi connectivity index (χ3v) is 5.43. The first-order valence-electron chi connectivity index (χ1n) is 8.46. The van der Waals surface area contributed by atoms with Crippen molar-refractivity contribution >= 4 is 49.6 Å². The summed E-state index contributed by atoms with van der Waals surface area (Å²) in [6.45, 7) is 3.24. The van der Waals surface area contributed by atoms with Gasteiger partial charge >= 0.3 is 0 Å². The lowest BCUT2D eigenvalue weighted by Crippen LogP contribution is -2.47. The Morgan fingerprint density at radius 3 is 2.50 bits per heavy atom. The number of amides is 2. The molecule has 6 nitrogen and oxygen atoms in total. The number of piperazine rings is 1. The number of carbonyl (C=O) groups excluding carboxylic acids is 2. The largest absolute Gasteiger partial charge is 0.366 e. The van der Waals surface area contributed by atoms with E-state index in [2.05, 4.69) is 32.9 Å². The lowest BCUT2D eigenvalue weighted by Gasteiger charge is -2.32. The number of hydrogen-bond acceptors (Lipinski definition) is 3. The number of hydrogen-bond donors (Lipinski definition) is 2. The van der Waals surface area contributed by atoms with E-state index in [1.165, 1.54) is 0 Å². The van der Waals surface area contributed by atoms with E-state index in [-0.39, 0.29) is 5.91 Å². The Balaban J connectivity index is 1.78. The van der Waals surface area contributed by atoms with Crippen LogP contribution in [0.4, 0.5) is 0 Å². The number of nitrogens with zero attached hydrogens (tertiary/aromatic N) is 2. The summed E-state index contributed by atoms with van der Waals surface area (Å²) in [6.07, 6.45) is 0. The van der Waals surface area contributed by atoms with E-state index in [0.29, 0.717) is 16.6 Å². The van der Waals surface area contributed by atoms with Crippen LogP contribution in [0, 0.1) is 0 Å². The number of likely N-dealkylation sites (N-methyl/N-ethyl adjacent to an activating group) is 1. The summed E-state index contributed by atoms with van der Waals surface area (Å²) in [5.41, 5.74) is 8.10. The number of aromatic nitrogens is 1. The van der Waals surface area contributed by atoms with E-state index in [1.54, 1.807) is 6.07 Å². The SMILES string of the molecule is CN1CCN(C(=O)c2ccc3c(c2)[nH]c2c(C(N)=O)cc(Br)cc23)CC1. The van der Waals surface area contributed by atoms with Gasteiger partial charge in [-0.3, -0.25) is 9.59 Å². The maximum Gasteiger partial charge on any atom is 0.254 e. The monoisotopic (exact) mass is 414 g/mol. The van der Waals surface area contributed by atoms with Crippen molar-refractivity contribution in [3.05, 3.63) is 45.9 Å². The molecule has 134 valence electrons. The summed E-state index contributed by atoms with van der Waals surface area (Å²) in [4.78, 5) is 31.9. The molecule has 1 aliphatic heterocycles. The Kier molecular flexibility index (Phi) is 4.20. The van der Waals surface area contributed by atoms with Gasteiger partial charge in [-0.1, -0.05) is 22.0 Å². The first-order chi connectivity index (χ1) is 12.4. The molecule has 3 aromatic rings. The van der Waals surface area contributed by atoms with Gasteiger partial charge in [0.1, 0.15) is 0 Å². The van der Waals surface area contributed by atoms with Crippen LogP contribution in [-0.2, 0) is 0 Å². The number of nitrogens with one attached hydrogen (secondary N) is 1. The summed E-state index contributed by atoms with van der Waals surface area (Å²) in [5.74, 6) is -0.452. The van der Waals surface area contributed by atoms with Gasteiger partial charge in [0.15, 0.2) is 0 Å². The molecule has 2 amide bonds. The van der Waals surface area contributed by atoms with Crippen LogP contribution in [-0.4, -0.2) is 59.8 Å². The van der Waals surface area contributed by atoms with Gasteiger partial charge < -0.3 is 20.5 Å². The maximum atomic E-state index is 12.8. The van der Waals surface area contributed by atoms with E-state index < -0.39 is 5.91 Å². The standard InChI is InChI=1S/C19H19BrN4O2/c1-23-4-6-24(7-5-23)19(26)11-2-3-13-14-9-12(20)10-15(18(21)25)17(14)22-16(13)8-11/h2-3,8-10,22H,4-7H2,1H3,(H2,21,25). The highest BCUT2D eigenvalue weighted by Crippen LogP contribution is 2.31. The number of halogens is 1. The zero-order valence-electron chi connectivity index (χ0n) is 14.4. The van der Waals surface area contributed by atoms with Gasteiger partial charge in [-0.25, -0.2) is 0 Å². The van der Waals surface area contributed by atoms with Crippen LogP contribution in [0.15, 0.2) is 34.8 Å². The van der Waals surface area contributed by atoms with Crippen LogP contribution >= 0.6 is 15.9 Å². The Labute approximate surface area is 159 Å². The molecule has 0 spiro atoms. The van der Waals surface area contributed by atoms with Crippen molar-refractivity contribution in [1.82, 2.24) is 14.8 Å². The number of carbonyl (C=O) groups is 2. The molecule has 0 unspecified atom stereocenters. The first-order valence-corrected chi connectivity index (χ1v) is 9.26. The molecule has 0 saturated carbocycles. The number of primary amides is 1. The van der Waals surface area contributed by atoms with E-state index in [1.807, 2.05) is 29.2 Å². The maximum absolute atomic E-state index is 12.8. The minimum absolute atomic E-state index is 0.0370. The molecule has 1 aliphatic rings. The van der Waals surface area contributed by atoms with Gasteiger partial charge in [0.2, 0.25) is 0 Å². The molecule has 0 bridgehead atoms. The van der Waals surface area contributed by atoms with Crippen molar-refractivity contribution in [1.29, 1.82) is 0 Å². The van der Waals surface area contributed by atoms with Crippen LogP contribution in [0.3, 0.4) is 0 Å². The van der Waals surface area contributed by atoms with Crippen LogP contribution < -0.4 is 5.73 Å². The first kappa shape index (κ1) is 17.1. The minimum atomic E-state index is -0.489. The smallest absolute Gasteiger partial charge is 0.254 e. The van der Waals surface area contributed by atoms with E-state index in [0.717, 1.165) is 46.9 Å². The number of benzene rings is 2. The van der Waals surface area contributed by atoms with E-state index in [9.17, 15) is 9.59 Å². The Hall–Kier alpha value is -2.38. The van der Waals surface area contributed by atoms with E-state index >= 15 is 0 Å². The van der Waals surface area contributed by atoms with Crippen molar-refractivity contribution in [3.63, 3.8) is 0 Å². The van der Waals surface area contributed by atoms with Crippen molar-refractivity contribution in [2.24, 2.45) is 5.73 Å². The zero-order chi connectivity index (χ0) is 18.4.